The Kier molecular flexibility index (Phi) is 4.10. The molecule has 0 aromatic heterocycles. The summed E-state index contributed by atoms with van der Waals surface area (Å²) in [6.45, 7) is 1.02. The van der Waals surface area contributed by atoms with E-state index in [0.29, 0.717) is 12.8 Å². The van der Waals surface area contributed by atoms with E-state index in [0.717, 1.165) is 24.9 Å². The molecule has 1 aromatic carbocycles. The number of hydrogen-bond donors (Lipinski definition) is 2. The molecule has 102 valence electrons. The Balaban J connectivity index is 0.00000133. The SMILES string of the molecule is Cl.O=C1CCC(c2ccc3c(c2)CCCN3)C(=O)N1. The number of rotatable bonds is 1. The molecule has 2 N–H and O–H groups in total. The molecule has 2 aliphatic heterocycles. The maximum atomic E-state index is 11.8. The maximum Gasteiger partial charge on any atom is 0.234 e. The minimum atomic E-state index is -0.171. The van der Waals surface area contributed by atoms with Crippen LogP contribution in [-0.2, 0) is 16.0 Å². The van der Waals surface area contributed by atoms with Crippen LogP contribution in [-0.4, -0.2) is 18.4 Å². The predicted molar refractivity (Wildman–Crippen MR) is 75.6 cm³/mol. The van der Waals surface area contributed by atoms with Crippen molar-refractivity contribution in [3.05, 3.63) is 29.3 Å². The first kappa shape index (κ1) is 13.9. The molecule has 1 fully saturated rings. The van der Waals surface area contributed by atoms with E-state index in [1.807, 2.05) is 12.1 Å². The molecule has 3 rings (SSSR count). The second kappa shape index (κ2) is 5.61. The largest absolute Gasteiger partial charge is 0.385 e. The molecule has 1 saturated heterocycles. The number of nitrogens with one attached hydrogen (secondary N) is 2. The summed E-state index contributed by atoms with van der Waals surface area (Å²) in [4.78, 5) is 23.0. The zero-order valence-electron chi connectivity index (χ0n) is 10.6. The fraction of sp³-hybridized carbons (Fsp3) is 0.429. The van der Waals surface area contributed by atoms with Crippen LogP contribution in [0.2, 0.25) is 0 Å². The normalized spacial score (nSPS) is 21.8. The van der Waals surface area contributed by atoms with E-state index in [4.69, 9.17) is 0 Å². The third-order valence-electron chi connectivity index (χ3n) is 3.71. The average molecular weight is 281 g/mol. The van der Waals surface area contributed by atoms with Crippen LogP contribution in [0, 0.1) is 0 Å². The van der Waals surface area contributed by atoms with Crippen LogP contribution in [0.15, 0.2) is 18.2 Å². The molecular weight excluding hydrogens is 264 g/mol. The molecule has 19 heavy (non-hydrogen) atoms. The van der Waals surface area contributed by atoms with Crippen molar-refractivity contribution < 1.29 is 9.59 Å². The van der Waals surface area contributed by atoms with E-state index in [9.17, 15) is 9.59 Å². The van der Waals surface area contributed by atoms with Crippen molar-refractivity contribution in [1.82, 2.24) is 5.32 Å². The summed E-state index contributed by atoms with van der Waals surface area (Å²) in [6, 6.07) is 6.16. The van der Waals surface area contributed by atoms with Gasteiger partial charge in [-0.25, -0.2) is 0 Å². The van der Waals surface area contributed by atoms with Gasteiger partial charge in [-0.2, -0.15) is 0 Å². The highest BCUT2D eigenvalue weighted by atomic mass is 35.5. The summed E-state index contributed by atoms with van der Waals surface area (Å²) >= 11 is 0. The molecule has 0 saturated carbocycles. The Morgan fingerprint density at radius 1 is 1.16 bits per heavy atom. The van der Waals surface area contributed by atoms with Crippen LogP contribution in [0.5, 0.6) is 0 Å². The third-order valence-corrected chi connectivity index (χ3v) is 3.71. The van der Waals surface area contributed by atoms with Gasteiger partial charge in [0.1, 0.15) is 0 Å². The predicted octanol–water partition coefficient (Wildman–Crippen LogP) is 1.99. The molecule has 1 aromatic rings. The first-order valence-electron chi connectivity index (χ1n) is 6.44. The van der Waals surface area contributed by atoms with E-state index >= 15 is 0 Å². The number of imide groups is 1. The van der Waals surface area contributed by atoms with Gasteiger partial charge in [-0.1, -0.05) is 12.1 Å². The fourth-order valence-corrected chi connectivity index (χ4v) is 2.72. The van der Waals surface area contributed by atoms with E-state index in [1.54, 1.807) is 0 Å². The maximum absolute atomic E-state index is 11.8. The lowest BCUT2D eigenvalue weighted by Gasteiger charge is -2.24. The molecule has 1 unspecified atom stereocenters. The first-order chi connectivity index (χ1) is 8.74. The van der Waals surface area contributed by atoms with Crippen LogP contribution < -0.4 is 10.6 Å². The van der Waals surface area contributed by atoms with Crippen molar-refractivity contribution in [3.8, 4) is 0 Å². The lowest BCUT2D eigenvalue weighted by atomic mass is 9.88. The van der Waals surface area contributed by atoms with Gasteiger partial charge in [0.2, 0.25) is 11.8 Å². The van der Waals surface area contributed by atoms with Crippen LogP contribution in [0.4, 0.5) is 5.69 Å². The minimum absolute atomic E-state index is 0. The first-order valence-corrected chi connectivity index (χ1v) is 6.44. The van der Waals surface area contributed by atoms with Gasteiger partial charge in [-0.15, -0.1) is 12.4 Å². The molecule has 0 spiro atoms. The fourth-order valence-electron chi connectivity index (χ4n) is 2.72. The van der Waals surface area contributed by atoms with Gasteiger partial charge in [-0.3, -0.25) is 14.9 Å². The highest BCUT2D eigenvalue weighted by molar-refractivity contribution is 6.01. The van der Waals surface area contributed by atoms with Crippen molar-refractivity contribution in [3.63, 3.8) is 0 Å². The van der Waals surface area contributed by atoms with Crippen molar-refractivity contribution in [2.24, 2.45) is 0 Å². The summed E-state index contributed by atoms with van der Waals surface area (Å²) < 4.78 is 0. The molecule has 2 amide bonds. The number of piperidine rings is 1. The van der Waals surface area contributed by atoms with Crippen LogP contribution >= 0.6 is 12.4 Å². The number of benzene rings is 1. The second-order valence-electron chi connectivity index (χ2n) is 4.95. The number of amides is 2. The second-order valence-corrected chi connectivity index (χ2v) is 4.95. The number of fused-ring (bicyclic) bond motifs is 1. The number of aryl methyl sites for hydroxylation is 1. The zero-order chi connectivity index (χ0) is 12.5. The van der Waals surface area contributed by atoms with Crippen molar-refractivity contribution in [2.45, 2.75) is 31.6 Å². The zero-order valence-corrected chi connectivity index (χ0v) is 11.4. The molecule has 2 heterocycles. The highest BCUT2D eigenvalue weighted by Gasteiger charge is 2.28. The molecule has 1 atom stereocenters. The third kappa shape index (κ3) is 2.73. The number of anilines is 1. The lowest BCUT2D eigenvalue weighted by molar-refractivity contribution is -0.134. The quantitative estimate of drug-likeness (QED) is 0.774. The standard InChI is InChI=1S/C14H16N2O2.ClH/c17-13-6-4-11(14(18)16-13)9-3-5-12-10(8-9)2-1-7-15-12;/h3,5,8,11,15H,1-2,4,6-7H2,(H,16,17,18);1H. The summed E-state index contributed by atoms with van der Waals surface area (Å²) in [5, 5.41) is 5.77. The van der Waals surface area contributed by atoms with Crippen molar-refractivity contribution in [1.29, 1.82) is 0 Å². The Morgan fingerprint density at radius 2 is 2.00 bits per heavy atom. The Hall–Kier alpha value is -1.55. The van der Waals surface area contributed by atoms with Gasteiger partial charge in [-0.05, 0) is 36.5 Å². The molecule has 0 radical (unpaired) electrons. The topological polar surface area (TPSA) is 58.2 Å². The van der Waals surface area contributed by atoms with E-state index < -0.39 is 0 Å². The van der Waals surface area contributed by atoms with Gasteiger partial charge in [0.15, 0.2) is 0 Å². The number of carbonyl (C=O) groups excluding carboxylic acids is 2. The van der Waals surface area contributed by atoms with Gasteiger partial charge < -0.3 is 5.32 Å². The van der Waals surface area contributed by atoms with Crippen LogP contribution in [0.1, 0.15) is 36.3 Å². The molecule has 2 aliphatic rings. The van der Waals surface area contributed by atoms with E-state index in [2.05, 4.69) is 16.7 Å². The van der Waals surface area contributed by atoms with Gasteiger partial charge in [0.25, 0.3) is 0 Å². The Morgan fingerprint density at radius 3 is 2.79 bits per heavy atom. The minimum Gasteiger partial charge on any atom is -0.385 e. The van der Waals surface area contributed by atoms with Crippen LogP contribution in [0.3, 0.4) is 0 Å². The molecule has 4 nitrogen and oxygen atoms in total. The van der Waals surface area contributed by atoms with Crippen molar-refractivity contribution >= 4 is 29.9 Å². The average Bonchev–Trinajstić information content (AvgIpc) is 2.38. The van der Waals surface area contributed by atoms with Gasteiger partial charge >= 0.3 is 0 Å². The summed E-state index contributed by atoms with van der Waals surface area (Å²) in [6.07, 6.45) is 3.25. The smallest absolute Gasteiger partial charge is 0.234 e. The summed E-state index contributed by atoms with van der Waals surface area (Å²) in [5.74, 6) is -0.485. The molecule has 0 aliphatic carbocycles. The number of carbonyl (C=O) groups is 2. The van der Waals surface area contributed by atoms with E-state index in [1.165, 1.54) is 11.3 Å². The monoisotopic (exact) mass is 280 g/mol. The van der Waals surface area contributed by atoms with Crippen molar-refractivity contribution in [2.75, 3.05) is 11.9 Å². The molecule has 5 heteroatoms. The van der Waals surface area contributed by atoms with Crippen LogP contribution in [0.25, 0.3) is 0 Å². The van der Waals surface area contributed by atoms with E-state index in [-0.39, 0.29) is 30.1 Å². The summed E-state index contributed by atoms with van der Waals surface area (Å²) in [7, 11) is 0. The highest BCUT2D eigenvalue weighted by Crippen LogP contribution is 2.30. The Labute approximate surface area is 118 Å². The number of hydrogen-bond acceptors (Lipinski definition) is 3. The molecular formula is C14H17ClN2O2. The van der Waals surface area contributed by atoms with Gasteiger partial charge in [0.05, 0.1) is 5.92 Å². The summed E-state index contributed by atoms with van der Waals surface area (Å²) in [5.41, 5.74) is 3.49. The lowest BCUT2D eigenvalue weighted by Crippen LogP contribution is -2.39. The molecule has 0 bridgehead atoms. The number of halogens is 1. The Bertz CT molecular complexity index is 516. The van der Waals surface area contributed by atoms with Gasteiger partial charge in [0, 0.05) is 18.7 Å².